The van der Waals surface area contributed by atoms with Crippen molar-refractivity contribution in [2.45, 2.75) is 45.2 Å². The highest BCUT2D eigenvalue weighted by Gasteiger charge is 2.17. The lowest BCUT2D eigenvalue weighted by molar-refractivity contribution is 0.227. The first kappa shape index (κ1) is 9.97. The molecule has 72 valence electrons. The number of nitrogens with one attached hydrogen (secondary N) is 1. The van der Waals surface area contributed by atoms with Crippen LogP contribution in [0.1, 0.15) is 39.0 Å². The zero-order chi connectivity index (χ0) is 8.81. The van der Waals surface area contributed by atoms with Gasteiger partial charge in [-0.15, -0.1) is 0 Å². The predicted molar refractivity (Wildman–Crippen MR) is 50.0 cm³/mol. The van der Waals surface area contributed by atoms with Gasteiger partial charge < -0.3 is 5.32 Å². The van der Waals surface area contributed by atoms with Gasteiger partial charge in [-0.05, 0) is 44.7 Å². The molecule has 0 aromatic heterocycles. The van der Waals surface area contributed by atoms with Crippen LogP contribution in [0.3, 0.4) is 0 Å². The Morgan fingerprint density at radius 1 is 1.58 bits per heavy atom. The van der Waals surface area contributed by atoms with Crippen LogP contribution < -0.4 is 5.32 Å². The quantitative estimate of drug-likeness (QED) is 0.688. The van der Waals surface area contributed by atoms with Gasteiger partial charge >= 0.3 is 0 Å². The molecule has 2 atom stereocenters. The number of rotatable bonds is 4. The zero-order valence-electron chi connectivity index (χ0n) is 7.98. The van der Waals surface area contributed by atoms with E-state index in [-0.39, 0.29) is 0 Å². The Balaban J connectivity index is 2.11. The molecule has 12 heavy (non-hydrogen) atoms. The van der Waals surface area contributed by atoms with E-state index >= 15 is 0 Å². The van der Waals surface area contributed by atoms with Gasteiger partial charge in [0.2, 0.25) is 0 Å². The van der Waals surface area contributed by atoms with Crippen molar-refractivity contribution >= 4 is 0 Å². The molecule has 1 nitrogen and oxygen atoms in total. The fourth-order valence-electron chi connectivity index (χ4n) is 1.92. The average molecular weight is 173 g/mol. The van der Waals surface area contributed by atoms with E-state index in [2.05, 4.69) is 5.32 Å². The lowest BCUT2D eigenvalue weighted by Gasteiger charge is -2.23. The third kappa shape index (κ3) is 3.53. The van der Waals surface area contributed by atoms with Crippen molar-refractivity contribution in [3.8, 4) is 0 Å². The molecule has 2 unspecified atom stereocenters. The standard InChI is InChI=1S/C10H20FN/c1-2-4-10(11)7-9-5-3-6-12-8-9/h9-10,12H,2-8H2,1H3. The molecule has 1 fully saturated rings. The van der Waals surface area contributed by atoms with Crippen molar-refractivity contribution in [3.05, 3.63) is 0 Å². The fraction of sp³-hybridized carbons (Fsp3) is 1.00. The minimum absolute atomic E-state index is 0.556. The van der Waals surface area contributed by atoms with Crippen LogP contribution in [-0.4, -0.2) is 19.3 Å². The minimum Gasteiger partial charge on any atom is -0.316 e. The number of halogens is 1. The molecule has 1 saturated heterocycles. The summed E-state index contributed by atoms with van der Waals surface area (Å²) < 4.78 is 13.2. The highest BCUT2D eigenvalue weighted by Crippen LogP contribution is 2.19. The summed E-state index contributed by atoms with van der Waals surface area (Å²) in [6.07, 6.45) is 4.39. The van der Waals surface area contributed by atoms with E-state index in [0.717, 1.165) is 32.4 Å². The summed E-state index contributed by atoms with van der Waals surface area (Å²) in [5.41, 5.74) is 0. The van der Waals surface area contributed by atoms with Crippen molar-refractivity contribution in [3.63, 3.8) is 0 Å². The van der Waals surface area contributed by atoms with E-state index in [1.54, 1.807) is 0 Å². The summed E-state index contributed by atoms with van der Waals surface area (Å²) in [7, 11) is 0. The first-order valence-corrected chi connectivity index (χ1v) is 5.17. The summed E-state index contributed by atoms with van der Waals surface area (Å²) >= 11 is 0. The Morgan fingerprint density at radius 3 is 3.00 bits per heavy atom. The minimum atomic E-state index is -0.556. The van der Waals surface area contributed by atoms with Gasteiger partial charge in [-0.25, -0.2) is 4.39 Å². The first-order valence-electron chi connectivity index (χ1n) is 5.17. The summed E-state index contributed by atoms with van der Waals surface area (Å²) in [6, 6.07) is 0. The third-order valence-corrected chi connectivity index (χ3v) is 2.59. The van der Waals surface area contributed by atoms with Gasteiger partial charge in [0.15, 0.2) is 0 Å². The molecule has 0 bridgehead atoms. The average Bonchev–Trinajstić information content (AvgIpc) is 2.06. The molecule has 1 rings (SSSR count). The van der Waals surface area contributed by atoms with Gasteiger partial charge in [-0.3, -0.25) is 0 Å². The molecule has 0 saturated carbocycles. The van der Waals surface area contributed by atoms with E-state index in [4.69, 9.17) is 0 Å². The Hall–Kier alpha value is -0.110. The van der Waals surface area contributed by atoms with Crippen LogP contribution in [-0.2, 0) is 0 Å². The molecule has 0 aromatic rings. The fourth-order valence-corrected chi connectivity index (χ4v) is 1.92. The number of hydrogen-bond donors (Lipinski definition) is 1. The van der Waals surface area contributed by atoms with Gasteiger partial charge in [0, 0.05) is 0 Å². The summed E-state index contributed by atoms with van der Waals surface area (Å²) in [5.74, 6) is 0.597. The maximum atomic E-state index is 13.2. The molecule has 1 N–H and O–H groups in total. The third-order valence-electron chi connectivity index (χ3n) is 2.59. The predicted octanol–water partition coefficient (Wildman–Crippen LogP) is 2.51. The molecule has 0 radical (unpaired) electrons. The lowest BCUT2D eigenvalue weighted by atomic mass is 9.93. The molecule has 0 spiro atoms. The Morgan fingerprint density at radius 2 is 2.42 bits per heavy atom. The molecule has 1 aliphatic rings. The van der Waals surface area contributed by atoms with Gasteiger partial charge in [-0.2, -0.15) is 0 Å². The molecule has 2 heteroatoms. The maximum absolute atomic E-state index is 13.2. The van der Waals surface area contributed by atoms with Gasteiger partial charge in [0.25, 0.3) is 0 Å². The highest BCUT2D eigenvalue weighted by molar-refractivity contribution is 4.72. The van der Waals surface area contributed by atoms with Crippen LogP contribution >= 0.6 is 0 Å². The Kier molecular flexibility index (Phi) is 4.59. The molecule has 0 aromatic carbocycles. The number of alkyl halides is 1. The number of hydrogen-bond acceptors (Lipinski definition) is 1. The van der Waals surface area contributed by atoms with Crippen molar-refractivity contribution in [1.29, 1.82) is 0 Å². The molecular formula is C10H20FN. The Labute approximate surface area is 74.7 Å². The van der Waals surface area contributed by atoms with Crippen LogP contribution in [0.4, 0.5) is 4.39 Å². The summed E-state index contributed by atoms with van der Waals surface area (Å²) in [4.78, 5) is 0. The van der Waals surface area contributed by atoms with E-state index in [0.29, 0.717) is 5.92 Å². The van der Waals surface area contributed by atoms with Gasteiger partial charge in [0.05, 0.1) is 0 Å². The first-order chi connectivity index (χ1) is 5.83. The zero-order valence-corrected chi connectivity index (χ0v) is 7.98. The molecule has 1 heterocycles. The van der Waals surface area contributed by atoms with Crippen molar-refractivity contribution in [1.82, 2.24) is 5.32 Å². The molecule has 1 aliphatic heterocycles. The monoisotopic (exact) mass is 173 g/mol. The highest BCUT2D eigenvalue weighted by atomic mass is 19.1. The topological polar surface area (TPSA) is 12.0 Å². The van der Waals surface area contributed by atoms with Gasteiger partial charge in [-0.1, -0.05) is 13.3 Å². The van der Waals surface area contributed by atoms with Gasteiger partial charge in [0.1, 0.15) is 6.17 Å². The van der Waals surface area contributed by atoms with Crippen LogP contribution in [0.2, 0.25) is 0 Å². The Bertz CT molecular complexity index is 110. The maximum Gasteiger partial charge on any atom is 0.100 e. The summed E-state index contributed by atoms with van der Waals surface area (Å²) in [5, 5.41) is 3.32. The van der Waals surface area contributed by atoms with E-state index in [9.17, 15) is 4.39 Å². The molecule has 0 aliphatic carbocycles. The molecular weight excluding hydrogens is 153 g/mol. The lowest BCUT2D eigenvalue weighted by Crippen LogP contribution is -2.31. The van der Waals surface area contributed by atoms with Crippen molar-refractivity contribution in [2.24, 2.45) is 5.92 Å². The largest absolute Gasteiger partial charge is 0.316 e. The van der Waals surface area contributed by atoms with Crippen LogP contribution in [0.15, 0.2) is 0 Å². The molecule has 0 amide bonds. The second-order valence-electron chi connectivity index (χ2n) is 3.83. The smallest absolute Gasteiger partial charge is 0.100 e. The normalized spacial score (nSPS) is 27.0. The van der Waals surface area contributed by atoms with Crippen LogP contribution in [0.5, 0.6) is 0 Å². The van der Waals surface area contributed by atoms with Crippen molar-refractivity contribution in [2.75, 3.05) is 13.1 Å². The van der Waals surface area contributed by atoms with Crippen LogP contribution in [0, 0.1) is 5.92 Å². The van der Waals surface area contributed by atoms with E-state index in [1.165, 1.54) is 12.8 Å². The van der Waals surface area contributed by atoms with E-state index in [1.807, 2.05) is 6.92 Å². The van der Waals surface area contributed by atoms with Crippen molar-refractivity contribution < 1.29 is 4.39 Å². The number of piperidine rings is 1. The summed E-state index contributed by atoms with van der Waals surface area (Å²) in [6.45, 7) is 4.21. The van der Waals surface area contributed by atoms with Crippen LogP contribution in [0.25, 0.3) is 0 Å². The SMILES string of the molecule is CCCC(F)CC1CCCNC1. The second-order valence-corrected chi connectivity index (χ2v) is 3.83. The van der Waals surface area contributed by atoms with E-state index < -0.39 is 6.17 Å². The second kappa shape index (κ2) is 5.52.